The van der Waals surface area contributed by atoms with Crippen molar-refractivity contribution in [2.24, 2.45) is 0 Å². The number of benzene rings is 2. The van der Waals surface area contributed by atoms with E-state index in [0.29, 0.717) is 0 Å². The minimum absolute atomic E-state index is 0.00591. The molecule has 1 amide bonds. The number of aryl methyl sites for hydroxylation is 1. The smallest absolute Gasteiger partial charge is 0.311 e. The summed E-state index contributed by atoms with van der Waals surface area (Å²) < 4.78 is 32.0. The first-order valence-corrected chi connectivity index (χ1v) is 7.36. The molecule has 6 heteroatoms. The Morgan fingerprint density at radius 2 is 1.67 bits per heavy atom. The predicted molar refractivity (Wildman–Crippen MR) is 85.4 cm³/mol. The lowest BCUT2D eigenvalue weighted by molar-refractivity contribution is -0.152. The molecule has 0 saturated carbocycles. The molecule has 0 saturated heterocycles. The highest BCUT2D eigenvalue weighted by Gasteiger charge is 2.20. The Morgan fingerprint density at radius 3 is 2.25 bits per heavy atom. The van der Waals surface area contributed by atoms with Gasteiger partial charge in [-0.15, -0.1) is 0 Å². The number of ether oxygens (including phenoxy) is 1. The van der Waals surface area contributed by atoms with Crippen molar-refractivity contribution in [2.75, 3.05) is 5.32 Å². The van der Waals surface area contributed by atoms with Gasteiger partial charge >= 0.3 is 5.97 Å². The number of amides is 1. The van der Waals surface area contributed by atoms with Crippen molar-refractivity contribution in [1.82, 2.24) is 0 Å². The maximum absolute atomic E-state index is 13.5. The van der Waals surface area contributed by atoms with Crippen LogP contribution in [0.1, 0.15) is 18.1 Å². The molecule has 0 radical (unpaired) electrons. The van der Waals surface area contributed by atoms with E-state index in [1.54, 1.807) is 12.1 Å². The zero-order chi connectivity index (χ0) is 17.7. The summed E-state index contributed by atoms with van der Waals surface area (Å²) in [7, 11) is 0. The average Bonchev–Trinajstić information content (AvgIpc) is 2.53. The van der Waals surface area contributed by atoms with E-state index in [4.69, 9.17) is 4.74 Å². The maximum atomic E-state index is 13.5. The molecule has 2 aromatic carbocycles. The van der Waals surface area contributed by atoms with Crippen LogP contribution in [-0.2, 0) is 20.7 Å². The van der Waals surface area contributed by atoms with Crippen LogP contribution in [-0.4, -0.2) is 18.0 Å². The first kappa shape index (κ1) is 17.6. The van der Waals surface area contributed by atoms with Gasteiger partial charge in [0.2, 0.25) is 0 Å². The molecule has 24 heavy (non-hydrogen) atoms. The molecule has 0 aliphatic carbocycles. The van der Waals surface area contributed by atoms with E-state index in [1.807, 2.05) is 19.1 Å². The maximum Gasteiger partial charge on any atom is 0.311 e. The summed E-state index contributed by atoms with van der Waals surface area (Å²) in [5.74, 6) is -3.21. The van der Waals surface area contributed by atoms with Crippen LogP contribution in [0.3, 0.4) is 0 Å². The number of carbonyl (C=O) groups is 2. The van der Waals surface area contributed by atoms with Crippen molar-refractivity contribution in [3.63, 3.8) is 0 Å². The van der Waals surface area contributed by atoms with Gasteiger partial charge in [0.1, 0.15) is 17.3 Å². The minimum atomic E-state index is -1.18. The first-order valence-electron chi connectivity index (χ1n) is 7.36. The summed E-state index contributed by atoms with van der Waals surface area (Å²) in [5.41, 5.74) is 1.24. The molecule has 2 rings (SSSR count). The number of carbonyl (C=O) groups excluding carboxylic acids is 2. The van der Waals surface area contributed by atoms with Crippen LogP contribution in [0.5, 0.6) is 0 Å². The van der Waals surface area contributed by atoms with Crippen molar-refractivity contribution in [3.8, 4) is 0 Å². The topological polar surface area (TPSA) is 55.4 Å². The van der Waals surface area contributed by atoms with Crippen LogP contribution < -0.4 is 5.32 Å². The third kappa shape index (κ3) is 4.62. The SMILES string of the molecule is Cc1ccc(CC(=O)O[C@H](C)C(=O)Nc2c(F)cccc2F)cc1. The second-order valence-corrected chi connectivity index (χ2v) is 5.38. The molecule has 0 unspecified atom stereocenters. The molecule has 126 valence electrons. The van der Waals surface area contributed by atoms with E-state index in [0.717, 1.165) is 23.3 Å². The van der Waals surface area contributed by atoms with E-state index in [-0.39, 0.29) is 6.42 Å². The fourth-order valence-electron chi connectivity index (χ4n) is 2.01. The molecule has 4 nitrogen and oxygen atoms in total. The fourth-order valence-corrected chi connectivity index (χ4v) is 2.01. The zero-order valence-corrected chi connectivity index (χ0v) is 13.3. The van der Waals surface area contributed by atoms with Gasteiger partial charge in [0, 0.05) is 0 Å². The van der Waals surface area contributed by atoms with E-state index < -0.39 is 35.3 Å². The normalized spacial score (nSPS) is 11.7. The minimum Gasteiger partial charge on any atom is -0.452 e. The van der Waals surface area contributed by atoms with Crippen LogP contribution in [0.15, 0.2) is 42.5 Å². The van der Waals surface area contributed by atoms with Gasteiger partial charge in [0.15, 0.2) is 6.10 Å². The van der Waals surface area contributed by atoms with Crippen LogP contribution in [0.25, 0.3) is 0 Å². The summed E-state index contributed by atoms with van der Waals surface area (Å²) >= 11 is 0. The van der Waals surface area contributed by atoms with E-state index in [9.17, 15) is 18.4 Å². The second kappa shape index (κ2) is 7.68. The van der Waals surface area contributed by atoms with Gasteiger partial charge in [-0.25, -0.2) is 8.78 Å². The van der Waals surface area contributed by atoms with Gasteiger partial charge < -0.3 is 10.1 Å². The van der Waals surface area contributed by atoms with Gasteiger partial charge in [-0.1, -0.05) is 35.9 Å². The van der Waals surface area contributed by atoms with Gasteiger partial charge in [0.05, 0.1) is 6.42 Å². The van der Waals surface area contributed by atoms with Crippen molar-refractivity contribution in [3.05, 3.63) is 65.2 Å². The van der Waals surface area contributed by atoms with Gasteiger partial charge in [-0.2, -0.15) is 0 Å². The van der Waals surface area contributed by atoms with E-state index >= 15 is 0 Å². The molecule has 0 fully saturated rings. The zero-order valence-electron chi connectivity index (χ0n) is 13.3. The van der Waals surface area contributed by atoms with Crippen LogP contribution in [0, 0.1) is 18.6 Å². The average molecular weight is 333 g/mol. The van der Waals surface area contributed by atoms with Crippen molar-refractivity contribution >= 4 is 17.6 Å². The summed E-state index contributed by atoms with van der Waals surface area (Å²) in [4.78, 5) is 23.8. The molecule has 1 N–H and O–H groups in total. The Balaban J connectivity index is 1.93. The van der Waals surface area contributed by atoms with E-state index in [1.165, 1.54) is 13.0 Å². The number of hydrogen-bond donors (Lipinski definition) is 1. The van der Waals surface area contributed by atoms with Crippen molar-refractivity contribution in [1.29, 1.82) is 0 Å². The molecule has 0 aromatic heterocycles. The Labute approximate surface area is 138 Å². The van der Waals surface area contributed by atoms with Gasteiger partial charge in [-0.3, -0.25) is 9.59 Å². The lowest BCUT2D eigenvalue weighted by atomic mass is 10.1. The molecule has 0 aliphatic heterocycles. The number of para-hydroxylation sites is 1. The Hall–Kier alpha value is -2.76. The Morgan fingerprint density at radius 1 is 1.08 bits per heavy atom. The monoisotopic (exact) mass is 333 g/mol. The van der Waals surface area contributed by atoms with Crippen molar-refractivity contribution < 1.29 is 23.1 Å². The Kier molecular flexibility index (Phi) is 5.63. The predicted octanol–water partition coefficient (Wildman–Crippen LogP) is 3.39. The number of nitrogens with one attached hydrogen (secondary N) is 1. The number of hydrogen-bond acceptors (Lipinski definition) is 3. The largest absolute Gasteiger partial charge is 0.452 e. The van der Waals surface area contributed by atoms with Gasteiger partial charge in [-0.05, 0) is 31.5 Å². The third-order valence-corrected chi connectivity index (χ3v) is 3.36. The summed E-state index contributed by atoms with van der Waals surface area (Å²) in [6, 6.07) is 10.5. The number of halogens is 2. The van der Waals surface area contributed by atoms with Crippen LogP contribution in [0.4, 0.5) is 14.5 Å². The number of rotatable bonds is 5. The summed E-state index contributed by atoms with van der Waals surface area (Å²) in [6.07, 6.45) is -1.17. The first-order chi connectivity index (χ1) is 11.4. The fraction of sp³-hybridized carbons (Fsp3) is 0.222. The molecule has 0 spiro atoms. The lowest BCUT2D eigenvalue weighted by Crippen LogP contribution is -2.31. The van der Waals surface area contributed by atoms with Gasteiger partial charge in [0.25, 0.3) is 5.91 Å². The third-order valence-electron chi connectivity index (χ3n) is 3.36. The highest BCUT2D eigenvalue weighted by Crippen LogP contribution is 2.18. The molecule has 0 aliphatic rings. The van der Waals surface area contributed by atoms with E-state index in [2.05, 4.69) is 5.32 Å². The molecule has 1 atom stereocenters. The summed E-state index contributed by atoms with van der Waals surface area (Å²) in [5, 5.41) is 2.09. The van der Waals surface area contributed by atoms with Crippen molar-refractivity contribution in [2.45, 2.75) is 26.4 Å². The quantitative estimate of drug-likeness (QED) is 0.854. The molecule has 0 heterocycles. The van der Waals surface area contributed by atoms with Crippen LogP contribution in [0.2, 0.25) is 0 Å². The highest BCUT2D eigenvalue weighted by atomic mass is 19.1. The summed E-state index contributed by atoms with van der Waals surface area (Å²) in [6.45, 7) is 3.26. The Bertz CT molecular complexity index is 724. The lowest BCUT2D eigenvalue weighted by Gasteiger charge is -2.14. The number of anilines is 1. The highest BCUT2D eigenvalue weighted by molar-refractivity contribution is 5.95. The van der Waals surface area contributed by atoms with Crippen LogP contribution >= 0.6 is 0 Å². The molecule has 2 aromatic rings. The standard InChI is InChI=1S/C18H17F2NO3/c1-11-6-8-13(9-7-11)10-16(22)24-12(2)18(23)21-17-14(19)4-3-5-15(17)20/h3-9,12H,10H2,1-2H3,(H,21,23)/t12-/m1/s1. The molecular weight excluding hydrogens is 316 g/mol. The second-order valence-electron chi connectivity index (χ2n) is 5.38. The molecular formula is C18H17F2NO3. The molecule has 0 bridgehead atoms. The number of esters is 1.